The Kier molecular flexibility index (Phi) is 3.75. The molecule has 1 N–H and O–H groups in total. The molecule has 0 bridgehead atoms. The molecule has 1 aromatic carbocycles. The molecule has 0 spiro atoms. The van der Waals surface area contributed by atoms with Gasteiger partial charge in [0.05, 0.1) is 11.6 Å². The SMILES string of the molecule is Cc1cccc([C@]2(C(=O)Nc3cnccn3)C[C@@H]3CCC(=O)N3C2)c1. The van der Waals surface area contributed by atoms with Crippen LogP contribution in [0, 0.1) is 6.92 Å². The van der Waals surface area contributed by atoms with Gasteiger partial charge in [-0.3, -0.25) is 14.6 Å². The van der Waals surface area contributed by atoms with Crippen molar-refractivity contribution in [3.8, 4) is 0 Å². The van der Waals surface area contributed by atoms with E-state index in [-0.39, 0.29) is 17.9 Å². The van der Waals surface area contributed by atoms with E-state index in [9.17, 15) is 9.59 Å². The normalized spacial score (nSPS) is 25.1. The topological polar surface area (TPSA) is 75.2 Å². The lowest BCUT2D eigenvalue weighted by Crippen LogP contribution is -2.43. The molecule has 2 atom stereocenters. The molecular weight excluding hydrogens is 316 g/mol. The van der Waals surface area contributed by atoms with Gasteiger partial charge in [0.2, 0.25) is 11.8 Å². The standard InChI is InChI=1S/C19H20N4O2/c1-13-3-2-4-14(9-13)19(10-15-5-6-17(24)23(15)12-19)18(25)22-16-11-20-7-8-21-16/h2-4,7-9,11,15H,5-6,10,12H2,1H3,(H,21,22,25)/t15-,19-/m0/s1. The molecule has 2 aliphatic rings. The molecule has 2 aliphatic heterocycles. The van der Waals surface area contributed by atoms with Gasteiger partial charge in [-0.2, -0.15) is 0 Å². The Balaban J connectivity index is 1.72. The first-order chi connectivity index (χ1) is 12.1. The third-order valence-corrected chi connectivity index (χ3v) is 5.29. The highest BCUT2D eigenvalue weighted by Crippen LogP contribution is 2.43. The van der Waals surface area contributed by atoms with Crippen molar-refractivity contribution in [2.45, 2.75) is 37.6 Å². The summed E-state index contributed by atoms with van der Waals surface area (Å²) < 4.78 is 0. The van der Waals surface area contributed by atoms with Gasteiger partial charge >= 0.3 is 0 Å². The third kappa shape index (κ3) is 2.67. The van der Waals surface area contributed by atoms with Crippen LogP contribution < -0.4 is 5.32 Å². The van der Waals surface area contributed by atoms with E-state index >= 15 is 0 Å². The van der Waals surface area contributed by atoms with Crippen LogP contribution in [-0.2, 0) is 15.0 Å². The summed E-state index contributed by atoms with van der Waals surface area (Å²) in [5.74, 6) is 0.450. The van der Waals surface area contributed by atoms with Gasteiger partial charge < -0.3 is 10.2 Å². The zero-order chi connectivity index (χ0) is 17.4. The van der Waals surface area contributed by atoms with Crippen molar-refractivity contribution in [3.05, 3.63) is 54.0 Å². The molecule has 2 saturated heterocycles. The molecule has 2 aromatic rings. The van der Waals surface area contributed by atoms with Gasteiger partial charge in [-0.05, 0) is 25.3 Å². The molecule has 3 heterocycles. The summed E-state index contributed by atoms with van der Waals surface area (Å²) in [7, 11) is 0. The largest absolute Gasteiger partial charge is 0.338 e. The molecule has 1 aromatic heterocycles. The zero-order valence-corrected chi connectivity index (χ0v) is 14.1. The van der Waals surface area contributed by atoms with Crippen LogP contribution in [0.3, 0.4) is 0 Å². The highest BCUT2D eigenvalue weighted by molar-refractivity contribution is 6.00. The maximum Gasteiger partial charge on any atom is 0.238 e. The lowest BCUT2D eigenvalue weighted by Gasteiger charge is -2.29. The molecule has 2 fully saturated rings. The number of benzene rings is 1. The number of carbonyl (C=O) groups is 2. The second kappa shape index (κ2) is 5.95. The molecule has 6 heteroatoms. The number of fused-ring (bicyclic) bond motifs is 1. The van der Waals surface area contributed by atoms with Crippen LogP contribution in [0.15, 0.2) is 42.9 Å². The molecule has 0 aliphatic carbocycles. The Morgan fingerprint density at radius 3 is 2.96 bits per heavy atom. The van der Waals surface area contributed by atoms with Crippen molar-refractivity contribution in [1.82, 2.24) is 14.9 Å². The number of carbonyl (C=O) groups excluding carboxylic acids is 2. The minimum absolute atomic E-state index is 0.124. The van der Waals surface area contributed by atoms with Crippen LogP contribution in [0.2, 0.25) is 0 Å². The van der Waals surface area contributed by atoms with E-state index in [1.54, 1.807) is 12.4 Å². The van der Waals surface area contributed by atoms with Gasteiger partial charge in [0.15, 0.2) is 5.82 Å². The summed E-state index contributed by atoms with van der Waals surface area (Å²) in [6, 6.07) is 8.14. The van der Waals surface area contributed by atoms with Crippen molar-refractivity contribution in [2.75, 3.05) is 11.9 Å². The first-order valence-electron chi connectivity index (χ1n) is 8.53. The Morgan fingerprint density at radius 1 is 1.36 bits per heavy atom. The number of nitrogens with one attached hydrogen (secondary N) is 1. The van der Waals surface area contributed by atoms with Gasteiger partial charge in [-0.25, -0.2) is 4.98 Å². The number of rotatable bonds is 3. The predicted molar refractivity (Wildman–Crippen MR) is 92.9 cm³/mol. The van der Waals surface area contributed by atoms with Gasteiger partial charge in [-0.1, -0.05) is 29.8 Å². The van der Waals surface area contributed by atoms with E-state index in [4.69, 9.17) is 0 Å². The summed E-state index contributed by atoms with van der Waals surface area (Å²) in [4.78, 5) is 35.5. The van der Waals surface area contributed by atoms with Crippen LogP contribution in [0.25, 0.3) is 0 Å². The number of hydrogen-bond donors (Lipinski definition) is 1. The summed E-state index contributed by atoms with van der Waals surface area (Å²) >= 11 is 0. The van der Waals surface area contributed by atoms with Crippen molar-refractivity contribution in [3.63, 3.8) is 0 Å². The van der Waals surface area contributed by atoms with Crippen LogP contribution in [0.1, 0.15) is 30.4 Å². The average Bonchev–Trinajstić information content (AvgIpc) is 3.16. The van der Waals surface area contributed by atoms with E-state index in [1.807, 2.05) is 36.1 Å². The van der Waals surface area contributed by atoms with Crippen molar-refractivity contribution >= 4 is 17.6 Å². The van der Waals surface area contributed by atoms with Gasteiger partial charge in [0.1, 0.15) is 0 Å². The molecule has 25 heavy (non-hydrogen) atoms. The lowest BCUT2D eigenvalue weighted by molar-refractivity contribution is -0.128. The Morgan fingerprint density at radius 2 is 2.24 bits per heavy atom. The van der Waals surface area contributed by atoms with Gasteiger partial charge in [0.25, 0.3) is 0 Å². The number of amides is 2. The van der Waals surface area contributed by atoms with Crippen molar-refractivity contribution in [2.24, 2.45) is 0 Å². The number of aromatic nitrogens is 2. The summed E-state index contributed by atoms with van der Waals surface area (Å²) in [5, 5.41) is 2.90. The molecule has 0 unspecified atom stereocenters. The van der Waals surface area contributed by atoms with E-state index in [0.717, 1.165) is 17.5 Å². The van der Waals surface area contributed by atoms with Crippen LogP contribution >= 0.6 is 0 Å². The van der Waals surface area contributed by atoms with E-state index in [0.29, 0.717) is 25.2 Å². The number of aryl methyl sites for hydroxylation is 1. The molecule has 4 rings (SSSR count). The Bertz CT molecular complexity index is 823. The van der Waals surface area contributed by atoms with E-state index in [1.165, 1.54) is 6.20 Å². The molecule has 6 nitrogen and oxygen atoms in total. The molecule has 0 radical (unpaired) electrons. The van der Waals surface area contributed by atoms with Crippen LogP contribution in [0.4, 0.5) is 5.82 Å². The highest BCUT2D eigenvalue weighted by Gasteiger charge is 2.53. The Hall–Kier alpha value is -2.76. The third-order valence-electron chi connectivity index (χ3n) is 5.29. The first kappa shape index (κ1) is 15.7. The second-order valence-corrected chi connectivity index (χ2v) is 6.91. The van der Waals surface area contributed by atoms with Crippen LogP contribution in [0.5, 0.6) is 0 Å². The van der Waals surface area contributed by atoms with Crippen molar-refractivity contribution in [1.29, 1.82) is 0 Å². The van der Waals surface area contributed by atoms with Crippen LogP contribution in [-0.4, -0.2) is 39.3 Å². The predicted octanol–water partition coefficient (Wildman–Crippen LogP) is 2.06. The number of anilines is 1. The monoisotopic (exact) mass is 336 g/mol. The fourth-order valence-corrected chi connectivity index (χ4v) is 4.03. The maximum absolute atomic E-state index is 13.3. The quantitative estimate of drug-likeness (QED) is 0.931. The minimum Gasteiger partial charge on any atom is -0.338 e. The zero-order valence-electron chi connectivity index (χ0n) is 14.1. The molecule has 2 amide bonds. The molecule has 128 valence electrons. The fourth-order valence-electron chi connectivity index (χ4n) is 4.03. The highest BCUT2D eigenvalue weighted by atomic mass is 16.2. The van der Waals surface area contributed by atoms with E-state index < -0.39 is 5.41 Å². The van der Waals surface area contributed by atoms with Gasteiger partial charge in [0, 0.05) is 31.4 Å². The Labute approximate surface area is 146 Å². The van der Waals surface area contributed by atoms with Gasteiger partial charge in [-0.15, -0.1) is 0 Å². The van der Waals surface area contributed by atoms with E-state index in [2.05, 4.69) is 15.3 Å². The smallest absolute Gasteiger partial charge is 0.238 e. The number of nitrogens with zero attached hydrogens (tertiary/aromatic N) is 3. The lowest BCUT2D eigenvalue weighted by atomic mass is 9.76. The summed E-state index contributed by atoms with van der Waals surface area (Å²) in [6.07, 6.45) is 6.70. The average molecular weight is 336 g/mol. The summed E-state index contributed by atoms with van der Waals surface area (Å²) in [5.41, 5.74) is 1.31. The first-order valence-corrected chi connectivity index (χ1v) is 8.53. The maximum atomic E-state index is 13.3. The number of hydrogen-bond acceptors (Lipinski definition) is 4. The second-order valence-electron chi connectivity index (χ2n) is 6.91. The summed E-state index contributed by atoms with van der Waals surface area (Å²) in [6.45, 7) is 2.44. The van der Waals surface area contributed by atoms with Crippen molar-refractivity contribution < 1.29 is 9.59 Å². The minimum atomic E-state index is -0.746. The molecule has 0 saturated carbocycles. The fraction of sp³-hybridized carbons (Fsp3) is 0.368. The molecular formula is C19H20N4O2.